The third-order valence-corrected chi connectivity index (χ3v) is 10.5. The molecular formula is C35H37N7O5. The maximum absolute atomic E-state index is 14.4. The SMILES string of the molecule is CC1Cc2c(c(=O)n3nc(C4=CCOCC4)nc3n2CC(=O)Nc2ccc(C3CC3)cc2)C12CCN(C(=O)c1ncccc1O)CC2. The van der Waals surface area contributed by atoms with E-state index < -0.39 is 5.41 Å². The molecule has 4 aromatic rings. The number of ether oxygens (including phenoxy) is 1. The van der Waals surface area contributed by atoms with Crippen molar-refractivity contribution in [2.24, 2.45) is 5.92 Å². The Morgan fingerprint density at radius 1 is 1.13 bits per heavy atom. The van der Waals surface area contributed by atoms with Crippen LogP contribution in [-0.2, 0) is 27.9 Å². The van der Waals surface area contributed by atoms with Crippen molar-refractivity contribution in [1.82, 2.24) is 29.0 Å². The maximum atomic E-state index is 14.4. The van der Waals surface area contributed by atoms with Gasteiger partial charge in [0.2, 0.25) is 11.7 Å². The fraction of sp³-hybridized carbons (Fsp3) is 0.429. The van der Waals surface area contributed by atoms with Crippen LogP contribution in [0.1, 0.15) is 78.1 Å². The highest BCUT2D eigenvalue weighted by Crippen LogP contribution is 2.49. The van der Waals surface area contributed by atoms with Gasteiger partial charge in [0.1, 0.15) is 12.3 Å². The summed E-state index contributed by atoms with van der Waals surface area (Å²) in [6, 6.07) is 11.1. The molecule has 12 nitrogen and oxygen atoms in total. The van der Waals surface area contributed by atoms with Crippen LogP contribution in [0.5, 0.6) is 5.75 Å². The van der Waals surface area contributed by atoms with Crippen molar-refractivity contribution >= 4 is 28.9 Å². The number of anilines is 1. The molecule has 1 spiro atoms. The average Bonchev–Trinajstić information content (AvgIpc) is 3.78. The predicted molar refractivity (Wildman–Crippen MR) is 173 cm³/mol. The molecule has 2 fully saturated rings. The van der Waals surface area contributed by atoms with E-state index in [0.29, 0.717) is 75.1 Å². The summed E-state index contributed by atoms with van der Waals surface area (Å²) in [5.41, 5.74) is 3.69. The smallest absolute Gasteiger partial charge is 0.279 e. The van der Waals surface area contributed by atoms with E-state index >= 15 is 0 Å². The molecule has 242 valence electrons. The topological polar surface area (TPSA) is 144 Å². The van der Waals surface area contributed by atoms with Crippen LogP contribution in [-0.4, -0.2) is 72.3 Å². The largest absolute Gasteiger partial charge is 0.505 e. The van der Waals surface area contributed by atoms with Gasteiger partial charge in [0.15, 0.2) is 11.5 Å². The third-order valence-electron chi connectivity index (χ3n) is 10.5. The number of carbonyl (C=O) groups is 2. The molecule has 1 unspecified atom stereocenters. The van der Waals surface area contributed by atoms with Gasteiger partial charge >= 0.3 is 0 Å². The minimum atomic E-state index is -0.509. The molecule has 4 aliphatic rings. The van der Waals surface area contributed by atoms with E-state index in [1.165, 1.54) is 35.2 Å². The number of nitrogens with zero attached hydrogens (tertiary/aromatic N) is 6. The maximum Gasteiger partial charge on any atom is 0.279 e. The molecule has 1 aromatic carbocycles. The number of piperidine rings is 1. The van der Waals surface area contributed by atoms with Crippen LogP contribution in [0.15, 0.2) is 53.5 Å². The monoisotopic (exact) mass is 635 g/mol. The highest BCUT2D eigenvalue weighted by molar-refractivity contribution is 5.95. The van der Waals surface area contributed by atoms with Crippen LogP contribution in [0.4, 0.5) is 5.69 Å². The first-order chi connectivity index (χ1) is 22.8. The van der Waals surface area contributed by atoms with Gasteiger partial charge in [-0.25, -0.2) is 4.98 Å². The molecule has 0 radical (unpaired) electrons. The first kappa shape index (κ1) is 29.6. The van der Waals surface area contributed by atoms with Crippen molar-refractivity contribution in [2.45, 2.75) is 63.3 Å². The summed E-state index contributed by atoms with van der Waals surface area (Å²) < 4.78 is 8.72. The Kier molecular flexibility index (Phi) is 7.20. The summed E-state index contributed by atoms with van der Waals surface area (Å²) in [6.45, 7) is 3.94. The Balaban J connectivity index is 1.15. The molecule has 2 amide bonds. The number of likely N-dealkylation sites (tertiary alicyclic amines) is 1. The van der Waals surface area contributed by atoms with E-state index in [9.17, 15) is 19.5 Å². The molecule has 2 aliphatic carbocycles. The first-order valence-corrected chi connectivity index (χ1v) is 16.5. The summed E-state index contributed by atoms with van der Waals surface area (Å²) in [6.07, 6.45) is 8.21. The molecule has 2 N–H and O–H groups in total. The van der Waals surface area contributed by atoms with E-state index in [1.807, 2.05) is 22.8 Å². The lowest BCUT2D eigenvalue weighted by Gasteiger charge is -2.42. The fourth-order valence-electron chi connectivity index (χ4n) is 7.74. The van der Waals surface area contributed by atoms with Crippen molar-refractivity contribution in [3.8, 4) is 5.75 Å². The third kappa shape index (κ3) is 5.11. The van der Waals surface area contributed by atoms with Gasteiger partial charge in [0.05, 0.1) is 13.2 Å². The van der Waals surface area contributed by atoms with E-state index in [1.54, 1.807) is 11.0 Å². The number of aromatic nitrogens is 5. The van der Waals surface area contributed by atoms with E-state index in [2.05, 4.69) is 29.4 Å². The summed E-state index contributed by atoms with van der Waals surface area (Å²) in [5.74, 6) is 0.835. The molecule has 0 bridgehead atoms. The first-order valence-electron chi connectivity index (χ1n) is 16.5. The normalized spacial score (nSPS) is 20.3. The number of aromatic hydroxyl groups is 1. The van der Waals surface area contributed by atoms with Crippen molar-refractivity contribution in [3.63, 3.8) is 0 Å². The number of fused-ring (bicyclic) bond motifs is 3. The van der Waals surface area contributed by atoms with Gasteiger partial charge < -0.3 is 24.6 Å². The van der Waals surface area contributed by atoms with Crippen LogP contribution in [0, 0.1) is 5.92 Å². The molecule has 47 heavy (non-hydrogen) atoms. The number of pyridine rings is 1. The van der Waals surface area contributed by atoms with E-state index in [0.717, 1.165) is 17.0 Å². The minimum absolute atomic E-state index is 0.0247. The molecule has 3 aromatic heterocycles. The molecule has 1 saturated carbocycles. The quantitative estimate of drug-likeness (QED) is 0.327. The van der Waals surface area contributed by atoms with Gasteiger partial charge in [0.25, 0.3) is 11.5 Å². The molecule has 5 heterocycles. The van der Waals surface area contributed by atoms with Gasteiger partial charge in [-0.3, -0.25) is 14.4 Å². The Bertz CT molecular complexity index is 1980. The zero-order valence-electron chi connectivity index (χ0n) is 26.3. The Morgan fingerprint density at radius 3 is 2.62 bits per heavy atom. The standard InChI is InChI=1S/C35H37N7O5/c1-21-19-26-29(35(21)12-15-40(16-13-35)33(46)30-27(43)3-2-14-36-30)32(45)42-34(38-31(39-42)24-10-17-47-18-11-24)41(26)20-28(44)37-25-8-6-23(7-9-25)22-4-5-22/h2-3,6-10,14,21-22,43H,4-5,11-13,15-20H2,1H3,(H,37,44). The molecular weight excluding hydrogens is 598 g/mol. The number of rotatable bonds is 6. The number of amides is 2. The molecule has 8 rings (SSSR count). The van der Waals surface area contributed by atoms with Gasteiger partial charge in [-0.05, 0) is 85.8 Å². The predicted octanol–water partition coefficient (Wildman–Crippen LogP) is 3.68. The Labute approximate surface area is 271 Å². The van der Waals surface area contributed by atoms with Gasteiger partial charge in [-0.2, -0.15) is 9.50 Å². The number of benzene rings is 1. The summed E-state index contributed by atoms with van der Waals surface area (Å²) in [4.78, 5) is 51.9. The second-order valence-corrected chi connectivity index (χ2v) is 13.3. The number of hydrogen-bond donors (Lipinski definition) is 2. The second kappa shape index (κ2) is 11.4. The van der Waals surface area contributed by atoms with Gasteiger partial charge in [-0.1, -0.05) is 25.1 Å². The Morgan fingerprint density at radius 2 is 1.91 bits per heavy atom. The highest BCUT2D eigenvalue weighted by atomic mass is 16.5. The van der Waals surface area contributed by atoms with Gasteiger partial charge in [0, 0.05) is 41.6 Å². The number of carbonyl (C=O) groups excluding carboxylic acids is 2. The molecule has 2 aliphatic heterocycles. The van der Waals surface area contributed by atoms with Crippen LogP contribution in [0.3, 0.4) is 0 Å². The average molecular weight is 636 g/mol. The van der Waals surface area contributed by atoms with Crippen LogP contribution >= 0.6 is 0 Å². The number of hydrogen-bond acceptors (Lipinski definition) is 8. The summed E-state index contributed by atoms with van der Waals surface area (Å²) in [7, 11) is 0. The van der Waals surface area contributed by atoms with Crippen LogP contribution in [0.2, 0.25) is 0 Å². The zero-order chi connectivity index (χ0) is 32.3. The van der Waals surface area contributed by atoms with Crippen molar-refractivity contribution in [2.75, 3.05) is 31.6 Å². The molecule has 1 saturated heterocycles. The lowest BCUT2D eigenvalue weighted by Crippen LogP contribution is -2.49. The molecule has 12 heteroatoms. The lowest BCUT2D eigenvalue weighted by atomic mass is 9.69. The Hall–Kier alpha value is -4.84. The second-order valence-electron chi connectivity index (χ2n) is 13.3. The highest BCUT2D eigenvalue weighted by Gasteiger charge is 2.50. The molecule has 1 atom stereocenters. The van der Waals surface area contributed by atoms with E-state index in [-0.39, 0.29) is 41.3 Å². The zero-order valence-corrected chi connectivity index (χ0v) is 26.3. The minimum Gasteiger partial charge on any atom is -0.505 e. The summed E-state index contributed by atoms with van der Waals surface area (Å²) in [5, 5.41) is 18.0. The van der Waals surface area contributed by atoms with Crippen molar-refractivity contribution in [1.29, 1.82) is 0 Å². The van der Waals surface area contributed by atoms with Crippen molar-refractivity contribution in [3.05, 3.63) is 87.4 Å². The number of nitrogens with one attached hydrogen (secondary N) is 1. The van der Waals surface area contributed by atoms with Crippen LogP contribution < -0.4 is 10.9 Å². The van der Waals surface area contributed by atoms with E-state index in [4.69, 9.17) is 14.8 Å². The summed E-state index contributed by atoms with van der Waals surface area (Å²) >= 11 is 0. The van der Waals surface area contributed by atoms with Crippen molar-refractivity contribution < 1.29 is 19.4 Å². The van der Waals surface area contributed by atoms with Gasteiger partial charge in [-0.15, -0.1) is 5.10 Å². The van der Waals surface area contributed by atoms with Crippen LogP contribution in [0.25, 0.3) is 11.4 Å². The lowest BCUT2D eigenvalue weighted by molar-refractivity contribution is -0.116. The fourth-order valence-corrected chi connectivity index (χ4v) is 7.74.